The van der Waals surface area contributed by atoms with Crippen LogP contribution in [0.3, 0.4) is 0 Å². The van der Waals surface area contributed by atoms with Gasteiger partial charge in [0.2, 0.25) is 0 Å². The third-order valence-corrected chi connectivity index (χ3v) is 15.2. The first kappa shape index (κ1) is 34.1. The second-order valence-corrected chi connectivity index (χ2v) is 18.4. The van der Waals surface area contributed by atoms with Crippen LogP contribution >= 0.6 is 11.6 Å². The Morgan fingerprint density at radius 3 is 2.48 bits per heavy atom. The van der Waals surface area contributed by atoms with Gasteiger partial charge in [0.05, 0.1) is 0 Å². The van der Waals surface area contributed by atoms with E-state index in [2.05, 4.69) is 39.8 Å². The van der Waals surface area contributed by atoms with Crippen LogP contribution in [0, 0.1) is 39.9 Å². The van der Waals surface area contributed by atoms with Crippen molar-refractivity contribution in [2.24, 2.45) is 39.9 Å². The van der Waals surface area contributed by atoms with Crippen LogP contribution in [0.5, 0.6) is 0 Å². The number of carbonyl (C=O) groups excluding carboxylic acids is 2. The molecule has 1 aromatic carbocycles. The Morgan fingerprint density at radius 2 is 1.80 bits per heavy atom. The first-order valence-electron chi connectivity index (χ1n) is 17.3. The van der Waals surface area contributed by atoms with Gasteiger partial charge < -0.3 is 4.74 Å². The number of rotatable bonds is 10. The van der Waals surface area contributed by atoms with E-state index in [0.29, 0.717) is 38.6 Å². The molecule has 4 aliphatic rings. The molecule has 0 N–H and O–H groups in total. The second-order valence-electron chi connectivity index (χ2n) is 15.5. The zero-order chi connectivity index (χ0) is 31.9. The maximum absolute atomic E-state index is 13.7. The summed E-state index contributed by atoms with van der Waals surface area (Å²) in [6, 6.07) is 8.37. The number of ether oxygens (including phenoxy) is 2. The molecular weight excluding hydrogens is 635 g/mol. The Balaban J connectivity index is 1.38. The number of hydrogen-bond donors (Lipinski definition) is 0. The first-order chi connectivity index (χ1) is 20.8. The molecule has 0 radical (unpaired) electrons. The molecule has 44 heavy (non-hydrogen) atoms. The molecule has 244 valence electrons. The van der Waals surface area contributed by atoms with Crippen molar-refractivity contribution < 1.29 is 19.1 Å². The van der Waals surface area contributed by atoms with E-state index in [0.717, 1.165) is 50.0 Å². The minimum atomic E-state index is -0.481. The van der Waals surface area contributed by atoms with E-state index >= 15 is 0 Å². The van der Waals surface area contributed by atoms with Gasteiger partial charge in [0.25, 0.3) is 0 Å². The molecule has 5 rings (SSSR count). The van der Waals surface area contributed by atoms with Gasteiger partial charge in [0.1, 0.15) is 6.10 Å². The molecule has 0 bridgehead atoms. The fraction of sp³-hybridized carbons (Fsp3) is 0.737. The summed E-state index contributed by atoms with van der Waals surface area (Å²) in [6.45, 7) is 15.1. The number of benzene rings is 1. The second kappa shape index (κ2) is 13.4. The van der Waals surface area contributed by atoms with Crippen LogP contribution in [-0.4, -0.2) is 39.1 Å². The molecule has 0 unspecified atom stereocenters. The maximum atomic E-state index is 13.7. The fourth-order valence-corrected chi connectivity index (χ4v) is 11.6. The van der Waals surface area contributed by atoms with E-state index in [1.807, 2.05) is 26.0 Å². The van der Waals surface area contributed by atoms with Crippen molar-refractivity contribution in [1.29, 1.82) is 0 Å². The van der Waals surface area contributed by atoms with Gasteiger partial charge in [-0.15, -0.1) is 0 Å². The molecule has 4 aliphatic carbocycles. The van der Waals surface area contributed by atoms with Crippen molar-refractivity contribution in [2.75, 3.05) is 0 Å². The van der Waals surface area contributed by atoms with Crippen molar-refractivity contribution in [3.8, 4) is 0 Å². The van der Waals surface area contributed by atoms with Crippen molar-refractivity contribution in [3.63, 3.8) is 0 Å². The summed E-state index contributed by atoms with van der Waals surface area (Å²) in [7, 11) is 0. The third-order valence-electron chi connectivity index (χ3n) is 12.7. The average molecular weight is 690 g/mol. The Bertz CT molecular complexity index is 1240. The van der Waals surface area contributed by atoms with Crippen LogP contribution < -0.4 is 4.46 Å². The molecule has 0 saturated heterocycles. The predicted molar refractivity (Wildman–Crippen MR) is 180 cm³/mol. The number of carbonyl (C=O) groups is 2. The van der Waals surface area contributed by atoms with Gasteiger partial charge in [-0.25, -0.2) is 0 Å². The van der Waals surface area contributed by atoms with Crippen molar-refractivity contribution in [3.05, 3.63) is 40.4 Å². The SMILES string of the molecule is CCC(C)(C)C(=O)O[C@H]1C[C@H]2C(=C3CC[C@H]([C@H](C)CCC[Se]c4ccc(Cl)cc4)[C@]31C)CC[C@@H]1C[C@H](OC(C)=O)CC[C@@]12C. The van der Waals surface area contributed by atoms with E-state index in [1.165, 1.54) is 42.4 Å². The number of halogens is 1. The topological polar surface area (TPSA) is 52.6 Å². The van der Waals surface area contributed by atoms with Gasteiger partial charge >= 0.3 is 256 Å². The standard InChI is InChI=1S/C38H55ClO4Se/c1-8-36(4,5)35(41)43-34-23-33-30(16-11-26-22-28(42-25(3)40)19-20-37(26,33)6)32-18-17-31(38(32,34)7)24(2)10-9-21-44-29-14-12-27(39)13-15-29/h12-15,24,26,28,31,33-34H,8-11,16-23H2,1-7H3/t24-,26-,28-,31-,33+,34+,37+,38-/m1/s1. The van der Waals surface area contributed by atoms with Gasteiger partial charge in [-0.2, -0.15) is 0 Å². The van der Waals surface area contributed by atoms with E-state index in [1.54, 1.807) is 11.1 Å². The molecule has 0 aromatic heterocycles. The first-order valence-corrected chi connectivity index (χ1v) is 19.7. The Labute approximate surface area is 278 Å². The number of esters is 2. The van der Waals surface area contributed by atoms with Gasteiger partial charge in [-0.05, 0) is 0 Å². The molecule has 0 aliphatic heterocycles. The molecule has 0 heterocycles. The summed E-state index contributed by atoms with van der Waals surface area (Å²) in [4.78, 5) is 25.5. The van der Waals surface area contributed by atoms with Crippen LogP contribution in [0.25, 0.3) is 0 Å². The summed E-state index contributed by atoms with van der Waals surface area (Å²) in [6.07, 6.45) is 11.8. The number of fused-ring (bicyclic) bond motifs is 4. The Morgan fingerprint density at radius 1 is 1.07 bits per heavy atom. The quantitative estimate of drug-likeness (QED) is 0.106. The normalized spacial score (nSPS) is 34.0. The molecule has 1 aromatic rings. The van der Waals surface area contributed by atoms with E-state index in [4.69, 9.17) is 21.1 Å². The zero-order valence-corrected chi connectivity index (χ0v) is 30.6. The van der Waals surface area contributed by atoms with Crippen molar-refractivity contribution >= 4 is 43.0 Å². The van der Waals surface area contributed by atoms with Crippen LogP contribution in [0.4, 0.5) is 0 Å². The molecule has 6 heteroatoms. The van der Waals surface area contributed by atoms with Crippen molar-refractivity contribution in [1.82, 2.24) is 0 Å². The molecule has 4 nitrogen and oxygen atoms in total. The zero-order valence-electron chi connectivity index (χ0n) is 28.2. The molecule has 3 saturated carbocycles. The fourth-order valence-electron chi connectivity index (χ4n) is 9.60. The van der Waals surface area contributed by atoms with Crippen LogP contribution in [0.1, 0.15) is 119 Å². The number of hydrogen-bond acceptors (Lipinski definition) is 4. The Hall–Kier alpha value is -1.29. The third kappa shape index (κ3) is 6.59. The molecular formula is C38H55ClO4Se. The number of allylic oxidation sites excluding steroid dienone is 1. The van der Waals surface area contributed by atoms with Crippen molar-refractivity contribution in [2.45, 2.75) is 137 Å². The summed E-state index contributed by atoms with van der Waals surface area (Å²) in [5.41, 5.74) is 2.94. The van der Waals surface area contributed by atoms with E-state index in [9.17, 15) is 9.59 Å². The van der Waals surface area contributed by atoms with Gasteiger partial charge in [-0.3, -0.25) is 4.79 Å². The molecule has 8 atom stereocenters. The van der Waals surface area contributed by atoms with Crippen LogP contribution in [0.15, 0.2) is 35.4 Å². The van der Waals surface area contributed by atoms with Crippen LogP contribution in [0.2, 0.25) is 10.3 Å². The Kier molecular flexibility index (Phi) is 10.4. The monoisotopic (exact) mass is 690 g/mol. The summed E-state index contributed by atoms with van der Waals surface area (Å²) in [5, 5.41) is 2.05. The van der Waals surface area contributed by atoms with Gasteiger partial charge in [0.15, 0.2) is 0 Å². The molecule has 0 amide bonds. The summed E-state index contributed by atoms with van der Waals surface area (Å²) >= 11 is 6.57. The van der Waals surface area contributed by atoms with E-state index < -0.39 is 5.41 Å². The van der Waals surface area contributed by atoms with Gasteiger partial charge in [-0.1, -0.05) is 0 Å². The molecule has 3 fully saturated rings. The van der Waals surface area contributed by atoms with E-state index in [-0.39, 0.29) is 35.0 Å². The average Bonchev–Trinajstić information content (AvgIpc) is 3.34. The van der Waals surface area contributed by atoms with Crippen LogP contribution in [-0.2, 0) is 19.1 Å². The summed E-state index contributed by atoms with van der Waals surface area (Å²) < 4.78 is 13.9. The summed E-state index contributed by atoms with van der Waals surface area (Å²) in [5.74, 6) is 1.91. The predicted octanol–water partition coefficient (Wildman–Crippen LogP) is 9.12. The molecule has 0 spiro atoms. The minimum absolute atomic E-state index is 0.0333. The van der Waals surface area contributed by atoms with Gasteiger partial charge in [0, 0.05) is 6.92 Å².